The molecular formula is C15H22N2O2. The molecule has 0 unspecified atom stereocenters. The van der Waals surface area contributed by atoms with Crippen molar-refractivity contribution in [1.82, 2.24) is 0 Å². The van der Waals surface area contributed by atoms with Crippen LogP contribution in [0.25, 0.3) is 0 Å². The van der Waals surface area contributed by atoms with Gasteiger partial charge in [-0.1, -0.05) is 25.7 Å². The van der Waals surface area contributed by atoms with E-state index in [1.165, 1.54) is 38.5 Å². The highest BCUT2D eigenvalue weighted by Gasteiger charge is 2.13. The summed E-state index contributed by atoms with van der Waals surface area (Å²) in [5, 5.41) is 0. The highest BCUT2D eigenvalue weighted by Crippen LogP contribution is 2.25. The molecule has 0 saturated heterocycles. The topological polar surface area (TPSA) is 78.3 Å². The van der Waals surface area contributed by atoms with Crippen molar-refractivity contribution in [2.45, 2.75) is 38.5 Å². The number of primary amides is 1. The standard InChI is InChI=1S/C15H22N2O2/c16-14-8-7-12(9-13(14)15(17)18)19-10-11-5-3-1-2-4-6-11/h7-9,11H,1-6,10,16H2,(H2,17,18). The largest absolute Gasteiger partial charge is 0.493 e. The lowest BCUT2D eigenvalue weighted by molar-refractivity contribution is 0.100. The zero-order valence-corrected chi connectivity index (χ0v) is 11.2. The number of anilines is 1. The van der Waals surface area contributed by atoms with Gasteiger partial charge in [0.2, 0.25) is 0 Å². The van der Waals surface area contributed by atoms with Crippen LogP contribution in [0.4, 0.5) is 5.69 Å². The van der Waals surface area contributed by atoms with E-state index < -0.39 is 5.91 Å². The summed E-state index contributed by atoms with van der Waals surface area (Å²) < 4.78 is 5.78. The van der Waals surface area contributed by atoms with Gasteiger partial charge in [-0.2, -0.15) is 0 Å². The summed E-state index contributed by atoms with van der Waals surface area (Å²) in [4.78, 5) is 11.2. The first-order valence-electron chi connectivity index (χ1n) is 6.99. The minimum Gasteiger partial charge on any atom is -0.493 e. The molecule has 0 aliphatic heterocycles. The first-order chi connectivity index (χ1) is 9.16. The van der Waals surface area contributed by atoms with E-state index >= 15 is 0 Å². The van der Waals surface area contributed by atoms with Crippen LogP contribution in [0.2, 0.25) is 0 Å². The van der Waals surface area contributed by atoms with Crippen molar-refractivity contribution in [3.05, 3.63) is 23.8 Å². The van der Waals surface area contributed by atoms with E-state index in [1.807, 2.05) is 0 Å². The normalized spacial score (nSPS) is 16.8. The predicted molar refractivity (Wildman–Crippen MR) is 76.1 cm³/mol. The van der Waals surface area contributed by atoms with Crippen LogP contribution in [0.1, 0.15) is 48.9 Å². The molecule has 0 heterocycles. The molecule has 0 radical (unpaired) electrons. The maximum absolute atomic E-state index is 11.2. The molecule has 0 spiro atoms. The Kier molecular flexibility index (Phi) is 4.66. The molecule has 2 rings (SSSR count). The number of hydrogen-bond donors (Lipinski definition) is 2. The van der Waals surface area contributed by atoms with Gasteiger partial charge in [0.1, 0.15) is 5.75 Å². The third kappa shape index (κ3) is 3.88. The molecule has 1 fully saturated rings. The molecule has 1 aromatic carbocycles. The second kappa shape index (κ2) is 6.45. The Balaban J connectivity index is 1.95. The number of carbonyl (C=O) groups excluding carboxylic acids is 1. The minimum atomic E-state index is -0.516. The van der Waals surface area contributed by atoms with Crippen molar-refractivity contribution in [2.24, 2.45) is 11.7 Å². The molecule has 104 valence electrons. The summed E-state index contributed by atoms with van der Waals surface area (Å²) in [6.07, 6.45) is 7.73. The van der Waals surface area contributed by atoms with Crippen LogP contribution in [-0.2, 0) is 0 Å². The van der Waals surface area contributed by atoms with Crippen molar-refractivity contribution >= 4 is 11.6 Å². The van der Waals surface area contributed by atoms with E-state index in [0.717, 1.165) is 0 Å². The molecule has 0 bridgehead atoms. The van der Waals surface area contributed by atoms with Gasteiger partial charge < -0.3 is 16.2 Å². The summed E-state index contributed by atoms with van der Waals surface area (Å²) >= 11 is 0. The number of benzene rings is 1. The Morgan fingerprint density at radius 1 is 1.21 bits per heavy atom. The Bertz CT molecular complexity index is 438. The number of hydrogen-bond acceptors (Lipinski definition) is 3. The third-order valence-corrected chi connectivity index (χ3v) is 3.75. The SMILES string of the molecule is NC(=O)c1cc(OCC2CCCCCC2)ccc1N. The summed E-state index contributed by atoms with van der Waals surface area (Å²) in [5.41, 5.74) is 11.7. The quantitative estimate of drug-likeness (QED) is 0.647. The molecule has 4 N–H and O–H groups in total. The third-order valence-electron chi connectivity index (χ3n) is 3.75. The van der Waals surface area contributed by atoms with Crippen molar-refractivity contribution in [3.8, 4) is 5.75 Å². The van der Waals surface area contributed by atoms with E-state index in [-0.39, 0.29) is 0 Å². The smallest absolute Gasteiger partial charge is 0.250 e. The van der Waals surface area contributed by atoms with Crippen LogP contribution in [0.5, 0.6) is 5.75 Å². The lowest BCUT2D eigenvalue weighted by Gasteiger charge is -2.15. The molecule has 0 atom stereocenters. The zero-order valence-electron chi connectivity index (χ0n) is 11.2. The summed E-state index contributed by atoms with van der Waals surface area (Å²) in [5.74, 6) is 0.779. The highest BCUT2D eigenvalue weighted by atomic mass is 16.5. The van der Waals surface area contributed by atoms with Crippen LogP contribution in [0.3, 0.4) is 0 Å². The highest BCUT2D eigenvalue weighted by molar-refractivity contribution is 5.98. The minimum absolute atomic E-state index is 0.332. The van der Waals surface area contributed by atoms with Gasteiger partial charge in [-0.25, -0.2) is 0 Å². The van der Waals surface area contributed by atoms with E-state index in [0.29, 0.717) is 29.5 Å². The van der Waals surface area contributed by atoms with E-state index in [2.05, 4.69) is 0 Å². The second-order valence-corrected chi connectivity index (χ2v) is 5.28. The molecule has 1 amide bonds. The van der Waals surface area contributed by atoms with Crippen LogP contribution in [-0.4, -0.2) is 12.5 Å². The molecule has 1 aliphatic rings. The van der Waals surface area contributed by atoms with Gasteiger partial charge in [0.15, 0.2) is 0 Å². The van der Waals surface area contributed by atoms with Gasteiger partial charge in [0.05, 0.1) is 12.2 Å². The summed E-state index contributed by atoms with van der Waals surface area (Å²) in [6.45, 7) is 0.710. The predicted octanol–water partition coefficient (Wildman–Crippen LogP) is 2.72. The van der Waals surface area contributed by atoms with Gasteiger partial charge in [-0.05, 0) is 37.0 Å². The molecule has 1 aliphatic carbocycles. The number of ether oxygens (including phenoxy) is 1. The lowest BCUT2D eigenvalue weighted by Crippen LogP contribution is -2.15. The van der Waals surface area contributed by atoms with Crippen molar-refractivity contribution in [1.29, 1.82) is 0 Å². The molecule has 4 heteroatoms. The number of amides is 1. The van der Waals surface area contributed by atoms with Gasteiger partial charge in [-0.15, -0.1) is 0 Å². The Morgan fingerprint density at radius 3 is 2.53 bits per heavy atom. The average Bonchev–Trinajstić information content (AvgIpc) is 2.66. The van der Waals surface area contributed by atoms with Crippen molar-refractivity contribution in [2.75, 3.05) is 12.3 Å². The number of carbonyl (C=O) groups is 1. The van der Waals surface area contributed by atoms with Gasteiger partial charge in [-0.3, -0.25) is 4.79 Å². The summed E-state index contributed by atoms with van der Waals surface area (Å²) in [7, 11) is 0. The fourth-order valence-corrected chi connectivity index (χ4v) is 2.58. The second-order valence-electron chi connectivity index (χ2n) is 5.28. The van der Waals surface area contributed by atoms with E-state index in [1.54, 1.807) is 18.2 Å². The molecule has 19 heavy (non-hydrogen) atoms. The fraction of sp³-hybridized carbons (Fsp3) is 0.533. The van der Waals surface area contributed by atoms with Crippen LogP contribution in [0.15, 0.2) is 18.2 Å². The maximum atomic E-state index is 11.2. The van der Waals surface area contributed by atoms with E-state index in [4.69, 9.17) is 16.2 Å². The monoisotopic (exact) mass is 262 g/mol. The zero-order chi connectivity index (χ0) is 13.7. The van der Waals surface area contributed by atoms with Crippen molar-refractivity contribution < 1.29 is 9.53 Å². The first kappa shape index (κ1) is 13.7. The Labute approximate surface area is 114 Å². The van der Waals surface area contributed by atoms with Gasteiger partial charge in [0, 0.05) is 5.69 Å². The number of nitrogens with two attached hydrogens (primary N) is 2. The first-order valence-corrected chi connectivity index (χ1v) is 6.99. The van der Waals surface area contributed by atoms with Gasteiger partial charge in [0.25, 0.3) is 5.91 Å². The molecule has 1 saturated carbocycles. The van der Waals surface area contributed by atoms with Crippen LogP contribution < -0.4 is 16.2 Å². The summed E-state index contributed by atoms with van der Waals surface area (Å²) in [6, 6.07) is 5.09. The molecular weight excluding hydrogens is 240 g/mol. The molecule has 1 aromatic rings. The number of nitrogen functional groups attached to an aromatic ring is 1. The van der Waals surface area contributed by atoms with Crippen molar-refractivity contribution in [3.63, 3.8) is 0 Å². The molecule has 4 nitrogen and oxygen atoms in total. The van der Waals surface area contributed by atoms with Crippen LogP contribution >= 0.6 is 0 Å². The average molecular weight is 262 g/mol. The Morgan fingerprint density at radius 2 is 1.89 bits per heavy atom. The Hall–Kier alpha value is -1.71. The van der Waals surface area contributed by atoms with Crippen LogP contribution in [0, 0.1) is 5.92 Å². The lowest BCUT2D eigenvalue weighted by atomic mass is 10.0. The number of rotatable bonds is 4. The fourth-order valence-electron chi connectivity index (χ4n) is 2.58. The maximum Gasteiger partial charge on any atom is 0.250 e. The van der Waals surface area contributed by atoms with E-state index in [9.17, 15) is 4.79 Å². The van der Waals surface area contributed by atoms with Gasteiger partial charge >= 0.3 is 0 Å². The molecule has 0 aromatic heterocycles.